The summed E-state index contributed by atoms with van der Waals surface area (Å²) in [6.45, 7) is 5.53. The molecule has 0 radical (unpaired) electrons. The summed E-state index contributed by atoms with van der Waals surface area (Å²) in [7, 11) is 0. The van der Waals surface area contributed by atoms with Crippen molar-refractivity contribution in [2.45, 2.75) is 45.1 Å². The zero-order valence-corrected chi connectivity index (χ0v) is 12.0. The van der Waals surface area contributed by atoms with Crippen molar-refractivity contribution >= 4 is 17.5 Å². The molecule has 1 saturated carbocycles. The van der Waals surface area contributed by atoms with E-state index in [0.717, 1.165) is 18.5 Å². The molecule has 1 aliphatic carbocycles. The average molecular weight is 279 g/mol. The van der Waals surface area contributed by atoms with Gasteiger partial charge in [0.2, 0.25) is 5.91 Å². The van der Waals surface area contributed by atoms with Crippen LogP contribution in [-0.2, 0) is 4.79 Å². The van der Waals surface area contributed by atoms with Crippen molar-refractivity contribution in [3.05, 3.63) is 11.4 Å². The summed E-state index contributed by atoms with van der Waals surface area (Å²) in [5.74, 6) is -0.287. The number of nitrogens with zero attached hydrogens (tertiary/aromatic N) is 1. The molecule has 1 aromatic heterocycles. The van der Waals surface area contributed by atoms with Crippen LogP contribution in [0.15, 0.2) is 0 Å². The smallest absolute Gasteiger partial charge is 0.274 e. The van der Waals surface area contributed by atoms with E-state index in [9.17, 15) is 9.59 Å². The molecule has 0 aliphatic heterocycles. The van der Waals surface area contributed by atoms with Crippen molar-refractivity contribution in [3.8, 4) is 0 Å². The number of carbonyl (C=O) groups excluding carboxylic acids is 2. The van der Waals surface area contributed by atoms with E-state index >= 15 is 0 Å². The van der Waals surface area contributed by atoms with E-state index < -0.39 is 5.91 Å². The minimum Gasteiger partial charge on any atom is -0.395 e. The Bertz CT molecular complexity index is 525. The first-order valence-electron chi connectivity index (χ1n) is 6.71. The van der Waals surface area contributed by atoms with Gasteiger partial charge in [0.25, 0.3) is 5.91 Å². The minimum atomic E-state index is -0.435. The molecule has 20 heavy (non-hydrogen) atoms. The van der Waals surface area contributed by atoms with Gasteiger partial charge in [-0.2, -0.15) is 5.10 Å². The second-order valence-electron chi connectivity index (χ2n) is 6.15. The lowest BCUT2D eigenvalue weighted by atomic mass is 10.1. The summed E-state index contributed by atoms with van der Waals surface area (Å²) in [5.41, 5.74) is 6.95. The highest BCUT2D eigenvalue weighted by atomic mass is 16.2. The molecule has 2 amide bonds. The molecule has 0 spiro atoms. The monoisotopic (exact) mass is 279 g/mol. The highest BCUT2D eigenvalue weighted by Crippen LogP contribution is 2.42. The first-order chi connectivity index (χ1) is 9.28. The zero-order valence-electron chi connectivity index (χ0n) is 12.0. The summed E-state index contributed by atoms with van der Waals surface area (Å²) in [6.07, 6.45) is 2.14. The number of hydrogen-bond donors (Lipinski definition) is 4. The third-order valence-corrected chi connectivity index (χ3v) is 2.96. The van der Waals surface area contributed by atoms with Crippen LogP contribution in [0.3, 0.4) is 0 Å². The molecule has 2 rings (SSSR count). The summed E-state index contributed by atoms with van der Waals surface area (Å²) in [5, 5.41) is 12.0. The van der Waals surface area contributed by atoms with Gasteiger partial charge in [0.05, 0.1) is 17.9 Å². The number of aromatic nitrogens is 2. The highest BCUT2D eigenvalue weighted by Gasteiger charge is 2.30. The molecule has 1 aliphatic rings. The lowest BCUT2D eigenvalue weighted by Gasteiger charge is -2.20. The quantitative estimate of drug-likeness (QED) is 0.643. The number of anilines is 1. The third kappa shape index (κ3) is 3.49. The lowest BCUT2D eigenvalue weighted by molar-refractivity contribution is -0.121. The molecule has 0 aromatic carbocycles. The maximum atomic E-state index is 11.9. The number of hydrogen-bond acceptors (Lipinski definition) is 4. The van der Waals surface area contributed by atoms with E-state index in [1.54, 1.807) is 0 Å². The summed E-state index contributed by atoms with van der Waals surface area (Å²) >= 11 is 0. The fraction of sp³-hybridized carbons (Fsp3) is 0.615. The number of aromatic amines is 1. The van der Waals surface area contributed by atoms with E-state index in [-0.39, 0.29) is 23.7 Å². The number of nitrogen functional groups attached to an aromatic ring is 1. The van der Waals surface area contributed by atoms with E-state index in [2.05, 4.69) is 20.8 Å². The number of carbonyl (C=O) groups is 2. The van der Waals surface area contributed by atoms with Crippen LogP contribution in [0, 0.1) is 0 Å². The SMILES string of the molecule is CC(C)(C)NC(=O)CNC(=O)c1n[nH]c(C2CC2)c1N. The van der Waals surface area contributed by atoms with Gasteiger partial charge < -0.3 is 16.4 Å². The van der Waals surface area contributed by atoms with Gasteiger partial charge in [-0.15, -0.1) is 0 Å². The number of rotatable bonds is 4. The minimum absolute atomic E-state index is 0.0961. The van der Waals surface area contributed by atoms with Crippen molar-refractivity contribution in [2.75, 3.05) is 12.3 Å². The van der Waals surface area contributed by atoms with Gasteiger partial charge in [-0.3, -0.25) is 14.7 Å². The van der Waals surface area contributed by atoms with Crippen LogP contribution in [0.2, 0.25) is 0 Å². The van der Waals surface area contributed by atoms with Crippen LogP contribution in [0.4, 0.5) is 5.69 Å². The summed E-state index contributed by atoms with van der Waals surface area (Å²) in [4.78, 5) is 23.6. The summed E-state index contributed by atoms with van der Waals surface area (Å²) in [6, 6.07) is 0. The Kier molecular flexibility index (Phi) is 3.69. The van der Waals surface area contributed by atoms with Crippen LogP contribution in [0.25, 0.3) is 0 Å². The molecule has 5 N–H and O–H groups in total. The van der Waals surface area contributed by atoms with Crippen molar-refractivity contribution in [1.29, 1.82) is 0 Å². The normalized spacial score (nSPS) is 14.9. The van der Waals surface area contributed by atoms with Crippen molar-refractivity contribution in [3.63, 3.8) is 0 Å². The average Bonchev–Trinajstić information content (AvgIpc) is 3.08. The summed E-state index contributed by atoms with van der Waals surface area (Å²) < 4.78 is 0. The standard InChI is InChI=1S/C13H21N5O2/c1-13(2,3)16-8(19)6-15-12(20)11-9(14)10(17-18-11)7-4-5-7/h7H,4-6,14H2,1-3H3,(H,15,20)(H,16,19)(H,17,18). The van der Waals surface area contributed by atoms with Gasteiger partial charge in [0, 0.05) is 11.5 Å². The number of H-pyrrole nitrogens is 1. The van der Waals surface area contributed by atoms with E-state index in [4.69, 9.17) is 5.73 Å². The highest BCUT2D eigenvalue weighted by molar-refractivity contribution is 5.99. The van der Waals surface area contributed by atoms with Crippen LogP contribution in [0.5, 0.6) is 0 Å². The van der Waals surface area contributed by atoms with Crippen molar-refractivity contribution in [2.24, 2.45) is 0 Å². The molecule has 0 saturated heterocycles. The van der Waals surface area contributed by atoms with E-state index in [1.165, 1.54) is 0 Å². The molecule has 0 unspecified atom stereocenters. The Balaban J connectivity index is 1.90. The van der Waals surface area contributed by atoms with Crippen LogP contribution < -0.4 is 16.4 Å². The molecule has 7 heteroatoms. The van der Waals surface area contributed by atoms with Crippen LogP contribution >= 0.6 is 0 Å². The third-order valence-electron chi connectivity index (χ3n) is 2.96. The van der Waals surface area contributed by atoms with Gasteiger partial charge >= 0.3 is 0 Å². The molecule has 110 valence electrons. The first-order valence-corrected chi connectivity index (χ1v) is 6.71. The fourth-order valence-corrected chi connectivity index (χ4v) is 1.93. The van der Waals surface area contributed by atoms with Crippen LogP contribution in [-0.4, -0.2) is 34.1 Å². The Morgan fingerprint density at radius 3 is 2.60 bits per heavy atom. The fourth-order valence-electron chi connectivity index (χ4n) is 1.93. The molecular formula is C13H21N5O2. The molecule has 0 bridgehead atoms. The Labute approximate surface area is 117 Å². The van der Waals surface area contributed by atoms with Gasteiger partial charge in [-0.05, 0) is 33.6 Å². The molecule has 0 atom stereocenters. The number of nitrogens with two attached hydrogens (primary N) is 1. The van der Waals surface area contributed by atoms with Gasteiger partial charge in [-0.1, -0.05) is 0 Å². The van der Waals surface area contributed by atoms with Crippen molar-refractivity contribution < 1.29 is 9.59 Å². The second kappa shape index (κ2) is 5.15. The van der Waals surface area contributed by atoms with Crippen LogP contribution in [0.1, 0.15) is 55.7 Å². The molecule has 1 fully saturated rings. The lowest BCUT2D eigenvalue weighted by Crippen LogP contribution is -2.45. The van der Waals surface area contributed by atoms with Crippen molar-refractivity contribution in [1.82, 2.24) is 20.8 Å². The second-order valence-corrected chi connectivity index (χ2v) is 6.15. The topological polar surface area (TPSA) is 113 Å². The Morgan fingerprint density at radius 1 is 1.40 bits per heavy atom. The first kappa shape index (κ1) is 14.4. The maximum Gasteiger partial charge on any atom is 0.274 e. The molecule has 1 heterocycles. The van der Waals surface area contributed by atoms with Gasteiger partial charge in [0.1, 0.15) is 0 Å². The molecular weight excluding hydrogens is 258 g/mol. The number of nitrogens with one attached hydrogen (secondary N) is 3. The van der Waals surface area contributed by atoms with E-state index in [1.807, 2.05) is 20.8 Å². The predicted molar refractivity (Wildman–Crippen MR) is 75.2 cm³/mol. The van der Waals surface area contributed by atoms with Gasteiger partial charge in [-0.25, -0.2) is 0 Å². The largest absolute Gasteiger partial charge is 0.395 e. The Morgan fingerprint density at radius 2 is 2.05 bits per heavy atom. The zero-order chi connectivity index (χ0) is 14.9. The Hall–Kier alpha value is -2.05. The van der Waals surface area contributed by atoms with Gasteiger partial charge in [0.15, 0.2) is 5.69 Å². The van der Waals surface area contributed by atoms with E-state index in [0.29, 0.717) is 11.6 Å². The molecule has 1 aromatic rings. The maximum absolute atomic E-state index is 11.9. The predicted octanol–water partition coefficient (Wildman–Crippen LogP) is 0.514. The molecule has 7 nitrogen and oxygen atoms in total. The number of amides is 2.